The molecule has 88 valence electrons. The standard InChI is InChI=1S/C13H19NO2/c1-10(2)12-6-4-5-11(7-12)8-14-13(15)9-16-3/h4-7,10H,8-9H2,1-3H3,(H,14,15). The van der Waals surface area contributed by atoms with Crippen LogP contribution >= 0.6 is 0 Å². The quantitative estimate of drug-likeness (QED) is 0.826. The lowest BCUT2D eigenvalue weighted by Gasteiger charge is -2.09. The zero-order valence-corrected chi connectivity index (χ0v) is 10.1. The molecular formula is C13H19NO2. The van der Waals surface area contributed by atoms with Crippen molar-refractivity contribution in [3.8, 4) is 0 Å². The zero-order chi connectivity index (χ0) is 12.0. The van der Waals surface area contributed by atoms with Crippen LogP contribution in [0.25, 0.3) is 0 Å². The van der Waals surface area contributed by atoms with Gasteiger partial charge in [-0.1, -0.05) is 38.1 Å². The fourth-order valence-corrected chi connectivity index (χ4v) is 1.44. The van der Waals surface area contributed by atoms with E-state index in [1.54, 1.807) is 0 Å². The van der Waals surface area contributed by atoms with Crippen LogP contribution in [0, 0.1) is 0 Å². The molecule has 0 heterocycles. The summed E-state index contributed by atoms with van der Waals surface area (Å²) < 4.78 is 4.74. The molecule has 1 rings (SSSR count). The highest BCUT2D eigenvalue weighted by molar-refractivity contribution is 5.77. The second kappa shape index (κ2) is 6.28. The van der Waals surface area contributed by atoms with Crippen LogP contribution in [0.1, 0.15) is 30.9 Å². The minimum atomic E-state index is -0.0857. The van der Waals surface area contributed by atoms with Crippen LogP contribution < -0.4 is 5.32 Å². The molecule has 0 saturated carbocycles. The van der Waals surface area contributed by atoms with Crippen molar-refractivity contribution in [3.63, 3.8) is 0 Å². The van der Waals surface area contributed by atoms with Gasteiger partial charge in [-0.25, -0.2) is 0 Å². The summed E-state index contributed by atoms with van der Waals surface area (Å²) in [6.07, 6.45) is 0. The molecule has 1 N–H and O–H groups in total. The molecule has 0 spiro atoms. The molecule has 0 aliphatic carbocycles. The van der Waals surface area contributed by atoms with Gasteiger partial charge in [0.25, 0.3) is 0 Å². The Morgan fingerprint density at radius 2 is 2.19 bits per heavy atom. The molecule has 0 fully saturated rings. The number of benzene rings is 1. The fourth-order valence-electron chi connectivity index (χ4n) is 1.44. The highest BCUT2D eigenvalue weighted by Gasteiger charge is 2.02. The minimum absolute atomic E-state index is 0.0857. The number of ether oxygens (including phenoxy) is 1. The maximum absolute atomic E-state index is 11.2. The predicted molar refractivity (Wildman–Crippen MR) is 64.3 cm³/mol. The van der Waals surface area contributed by atoms with Gasteiger partial charge in [-0.3, -0.25) is 4.79 Å². The Bertz CT molecular complexity index is 348. The Labute approximate surface area is 96.8 Å². The molecule has 0 unspecified atom stereocenters. The van der Waals surface area contributed by atoms with E-state index in [1.165, 1.54) is 12.7 Å². The molecule has 1 amide bonds. The van der Waals surface area contributed by atoms with Crippen LogP contribution in [-0.4, -0.2) is 19.6 Å². The summed E-state index contributed by atoms with van der Waals surface area (Å²) >= 11 is 0. The van der Waals surface area contributed by atoms with Crippen molar-refractivity contribution >= 4 is 5.91 Å². The predicted octanol–water partition coefficient (Wildman–Crippen LogP) is 2.07. The fraction of sp³-hybridized carbons (Fsp3) is 0.462. The molecule has 3 heteroatoms. The molecule has 0 atom stereocenters. The number of hydrogen-bond acceptors (Lipinski definition) is 2. The first-order valence-electron chi connectivity index (χ1n) is 5.48. The normalized spacial score (nSPS) is 10.5. The SMILES string of the molecule is COCC(=O)NCc1cccc(C(C)C)c1. The van der Waals surface area contributed by atoms with Gasteiger partial charge in [-0.15, -0.1) is 0 Å². The number of carbonyl (C=O) groups is 1. The van der Waals surface area contributed by atoms with Gasteiger partial charge < -0.3 is 10.1 Å². The summed E-state index contributed by atoms with van der Waals surface area (Å²) in [7, 11) is 1.51. The van der Waals surface area contributed by atoms with Crippen LogP contribution in [0.15, 0.2) is 24.3 Å². The lowest BCUT2D eigenvalue weighted by molar-refractivity contribution is -0.124. The molecule has 1 aromatic carbocycles. The number of nitrogens with one attached hydrogen (secondary N) is 1. The summed E-state index contributed by atoms with van der Waals surface area (Å²) in [5.74, 6) is 0.423. The lowest BCUT2D eigenvalue weighted by atomic mass is 10.0. The summed E-state index contributed by atoms with van der Waals surface area (Å²) in [4.78, 5) is 11.2. The van der Waals surface area contributed by atoms with Gasteiger partial charge >= 0.3 is 0 Å². The van der Waals surface area contributed by atoms with Crippen molar-refractivity contribution < 1.29 is 9.53 Å². The van der Waals surface area contributed by atoms with Crippen molar-refractivity contribution in [2.24, 2.45) is 0 Å². The monoisotopic (exact) mass is 221 g/mol. The molecule has 0 saturated heterocycles. The third kappa shape index (κ3) is 4.03. The number of amides is 1. The first kappa shape index (κ1) is 12.7. The van der Waals surface area contributed by atoms with E-state index < -0.39 is 0 Å². The molecule has 16 heavy (non-hydrogen) atoms. The average molecular weight is 221 g/mol. The maximum atomic E-state index is 11.2. The highest BCUT2D eigenvalue weighted by Crippen LogP contribution is 2.15. The lowest BCUT2D eigenvalue weighted by Crippen LogP contribution is -2.26. The molecular weight excluding hydrogens is 202 g/mol. The number of methoxy groups -OCH3 is 1. The Balaban J connectivity index is 2.54. The van der Waals surface area contributed by atoms with Gasteiger partial charge in [-0.05, 0) is 17.0 Å². The summed E-state index contributed by atoms with van der Waals surface area (Å²) in [5.41, 5.74) is 2.41. The molecule has 0 aliphatic heterocycles. The van der Waals surface area contributed by atoms with Gasteiger partial charge in [0.2, 0.25) is 5.91 Å². The summed E-state index contributed by atoms with van der Waals surface area (Å²) in [5, 5.41) is 2.80. The van der Waals surface area contributed by atoms with Crippen LogP contribution in [0.2, 0.25) is 0 Å². The second-order valence-electron chi connectivity index (χ2n) is 4.11. The average Bonchev–Trinajstić information content (AvgIpc) is 2.27. The van der Waals surface area contributed by atoms with E-state index in [2.05, 4.69) is 31.3 Å². The van der Waals surface area contributed by atoms with Gasteiger partial charge in [0.05, 0.1) is 0 Å². The molecule has 1 aromatic rings. The van der Waals surface area contributed by atoms with Crippen LogP contribution in [0.5, 0.6) is 0 Å². The van der Waals surface area contributed by atoms with Crippen LogP contribution in [0.3, 0.4) is 0 Å². The van der Waals surface area contributed by atoms with Crippen LogP contribution in [-0.2, 0) is 16.1 Å². The molecule has 3 nitrogen and oxygen atoms in total. The van der Waals surface area contributed by atoms with Crippen molar-refractivity contribution in [1.82, 2.24) is 5.32 Å². The molecule has 0 radical (unpaired) electrons. The summed E-state index contributed by atoms with van der Waals surface area (Å²) in [6, 6.07) is 8.26. The van der Waals surface area contributed by atoms with E-state index in [9.17, 15) is 4.79 Å². The van der Waals surface area contributed by atoms with E-state index in [4.69, 9.17) is 4.74 Å². The Hall–Kier alpha value is -1.35. The largest absolute Gasteiger partial charge is 0.375 e. The van der Waals surface area contributed by atoms with E-state index in [1.807, 2.05) is 12.1 Å². The Morgan fingerprint density at radius 1 is 1.44 bits per heavy atom. The van der Waals surface area contributed by atoms with Crippen molar-refractivity contribution in [3.05, 3.63) is 35.4 Å². The van der Waals surface area contributed by atoms with E-state index >= 15 is 0 Å². The third-order valence-electron chi connectivity index (χ3n) is 2.38. The smallest absolute Gasteiger partial charge is 0.246 e. The first-order chi connectivity index (χ1) is 7.63. The van der Waals surface area contributed by atoms with Gasteiger partial charge in [0, 0.05) is 13.7 Å². The van der Waals surface area contributed by atoms with Crippen molar-refractivity contribution in [2.75, 3.05) is 13.7 Å². The van der Waals surface area contributed by atoms with E-state index in [-0.39, 0.29) is 12.5 Å². The zero-order valence-electron chi connectivity index (χ0n) is 10.1. The number of hydrogen-bond donors (Lipinski definition) is 1. The molecule has 0 bridgehead atoms. The Morgan fingerprint density at radius 3 is 2.81 bits per heavy atom. The van der Waals surface area contributed by atoms with Gasteiger partial charge in [0.1, 0.15) is 6.61 Å². The topological polar surface area (TPSA) is 38.3 Å². The maximum Gasteiger partial charge on any atom is 0.246 e. The van der Waals surface area contributed by atoms with E-state index in [0.29, 0.717) is 12.5 Å². The van der Waals surface area contributed by atoms with Gasteiger partial charge in [-0.2, -0.15) is 0 Å². The van der Waals surface area contributed by atoms with Crippen LogP contribution in [0.4, 0.5) is 0 Å². The highest BCUT2D eigenvalue weighted by atomic mass is 16.5. The van der Waals surface area contributed by atoms with Gasteiger partial charge in [0.15, 0.2) is 0 Å². The number of rotatable bonds is 5. The molecule has 0 aliphatic rings. The Kier molecular flexibility index (Phi) is 4.99. The number of carbonyl (C=O) groups excluding carboxylic acids is 1. The van der Waals surface area contributed by atoms with Crippen molar-refractivity contribution in [1.29, 1.82) is 0 Å². The minimum Gasteiger partial charge on any atom is -0.375 e. The second-order valence-corrected chi connectivity index (χ2v) is 4.11. The van der Waals surface area contributed by atoms with Crippen molar-refractivity contribution in [2.45, 2.75) is 26.3 Å². The van der Waals surface area contributed by atoms with E-state index in [0.717, 1.165) is 5.56 Å². The molecule has 0 aromatic heterocycles. The third-order valence-corrected chi connectivity index (χ3v) is 2.38. The first-order valence-corrected chi connectivity index (χ1v) is 5.48. The summed E-state index contributed by atoms with van der Waals surface area (Å²) in [6.45, 7) is 4.98.